The molecule has 2 atom stereocenters. The zero-order valence-corrected chi connectivity index (χ0v) is 12.6. The van der Waals surface area contributed by atoms with Crippen LogP contribution in [0.25, 0.3) is 0 Å². The van der Waals surface area contributed by atoms with Crippen molar-refractivity contribution in [2.45, 2.75) is 62.6 Å². The molecule has 0 amide bonds. The van der Waals surface area contributed by atoms with Crippen molar-refractivity contribution in [3.05, 3.63) is 29.3 Å². The second kappa shape index (κ2) is 6.63. The van der Waals surface area contributed by atoms with Crippen LogP contribution in [-0.2, 0) is 12.8 Å². The number of benzene rings is 1. The summed E-state index contributed by atoms with van der Waals surface area (Å²) in [6, 6.07) is 7.62. The maximum Gasteiger partial charge on any atom is 0.0217 e. The number of aryl methyl sites for hydroxylation is 2. The van der Waals surface area contributed by atoms with E-state index in [0.717, 1.165) is 6.54 Å². The minimum atomic E-state index is 0.572. The molecular formula is C16H25NS. The van der Waals surface area contributed by atoms with Gasteiger partial charge in [0, 0.05) is 16.2 Å². The number of nitrogens with one attached hydrogen (secondary N) is 1. The molecule has 2 heteroatoms. The van der Waals surface area contributed by atoms with Gasteiger partial charge >= 0.3 is 0 Å². The summed E-state index contributed by atoms with van der Waals surface area (Å²) < 4.78 is 0. The zero-order chi connectivity index (χ0) is 13.0. The summed E-state index contributed by atoms with van der Waals surface area (Å²) in [5.74, 6) is 0. The molecule has 0 heterocycles. The first-order chi connectivity index (χ1) is 8.70. The fourth-order valence-electron chi connectivity index (χ4n) is 2.48. The molecule has 0 spiro atoms. The zero-order valence-electron chi connectivity index (χ0n) is 11.8. The van der Waals surface area contributed by atoms with E-state index in [1.165, 1.54) is 30.6 Å². The van der Waals surface area contributed by atoms with E-state index in [9.17, 15) is 0 Å². The maximum atomic E-state index is 3.58. The number of rotatable bonds is 6. The van der Waals surface area contributed by atoms with Crippen LogP contribution in [0.15, 0.2) is 23.1 Å². The molecule has 1 nitrogen and oxygen atoms in total. The highest BCUT2D eigenvalue weighted by Gasteiger charge is 2.15. The van der Waals surface area contributed by atoms with Gasteiger partial charge in [-0.3, -0.25) is 0 Å². The van der Waals surface area contributed by atoms with E-state index in [2.05, 4.69) is 44.3 Å². The average Bonchev–Trinajstić information content (AvgIpc) is 2.83. The molecule has 0 aromatic heterocycles. The number of hydrogen-bond donors (Lipinski definition) is 1. The number of thioether (sulfide) groups is 1. The van der Waals surface area contributed by atoms with E-state index in [1.54, 1.807) is 11.1 Å². The molecule has 2 rings (SSSR count). The molecule has 1 aromatic rings. The molecule has 1 aliphatic rings. The van der Waals surface area contributed by atoms with E-state index in [0.29, 0.717) is 11.3 Å². The highest BCUT2D eigenvalue weighted by Crippen LogP contribution is 2.30. The predicted octanol–water partition coefficient (Wildman–Crippen LogP) is 4.04. The van der Waals surface area contributed by atoms with E-state index in [1.807, 2.05) is 11.8 Å². The van der Waals surface area contributed by atoms with Crippen LogP contribution in [0.1, 0.15) is 44.7 Å². The minimum Gasteiger partial charge on any atom is -0.313 e. The van der Waals surface area contributed by atoms with Crippen molar-refractivity contribution in [3.8, 4) is 0 Å². The number of hydrogen-bond acceptors (Lipinski definition) is 2. The van der Waals surface area contributed by atoms with Crippen molar-refractivity contribution in [3.63, 3.8) is 0 Å². The van der Waals surface area contributed by atoms with E-state index >= 15 is 0 Å². The molecule has 100 valence electrons. The summed E-state index contributed by atoms with van der Waals surface area (Å²) in [6.07, 6.45) is 5.11. The van der Waals surface area contributed by atoms with Gasteiger partial charge in [-0.2, -0.15) is 0 Å². The van der Waals surface area contributed by atoms with Crippen molar-refractivity contribution in [2.24, 2.45) is 0 Å². The summed E-state index contributed by atoms with van der Waals surface area (Å²) in [6.45, 7) is 7.96. The van der Waals surface area contributed by atoms with Gasteiger partial charge in [-0.25, -0.2) is 0 Å². The fourth-order valence-corrected chi connectivity index (χ4v) is 3.56. The van der Waals surface area contributed by atoms with E-state index in [-0.39, 0.29) is 0 Å². The smallest absolute Gasteiger partial charge is 0.0217 e. The van der Waals surface area contributed by atoms with Gasteiger partial charge in [0.05, 0.1) is 0 Å². The Morgan fingerprint density at radius 3 is 2.78 bits per heavy atom. The van der Waals surface area contributed by atoms with Gasteiger partial charge in [-0.15, -0.1) is 11.8 Å². The van der Waals surface area contributed by atoms with Crippen LogP contribution < -0.4 is 5.32 Å². The van der Waals surface area contributed by atoms with Gasteiger partial charge in [0.2, 0.25) is 0 Å². The molecule has 0 radical (unpaired) electrons. The topological polar surface area (TPSA) is 12.0 Å². The Balaban J connectivity index is 1.92. The SMILES string of the molecule is CCCNC(C)C(C)Sc1ccc2c(c1)CCC2. The Labute approximate surface area is 116 Å². The van der Waals surface area contributed by atoms with Crippen LogP contribution in [0.2, 0.25) is 0 Å². The van der Waals surface area contributed by atoms with Gasteiger partial charge in [-0.05, 0) is 62.4 Å². The lowest BCUT2D eigenvalue weighted by atomic mass is 10.1. The Hall–Kier alpha value is -0.470. The molecule has 1 N–H and O–H groups in total. The normalized spacial score (nSPS) is 17.5. The number of fused-ring (bicyclic) bond motifs is 1. The highest BCUT2D eigenvalue weighted by atomic mass is 32.2. The highest BCUT2D eigenvalue weighted by molar-refractivity contribution is 8.00. The van der Waals surface area contributed by atoms with Crippen LogP contribution in [0.5, 0.6) is 0 Å². The molecule has 0 saturated heterocycles. The second-order valence-corrected chi connectivity index (χ2v) is 6.80. The fraction of sp³-hybridized carbons (Fsp3) is 0.625. The minimum absolute atomic E-state index is 0.572. The van der Waals surface area contributed by atoms with Crippen molar-refractivity contribution >= 4 is 11.8 Å². The van der Waals surface area contributed by atoms with Gasteiger partial charge in [0.1, 0.15) is 0 Å². The molecule has 1 aliphatic carbocycles. The van der Waals surface area contributed by atoms with Crippen molar-refractivity contribution in [2.75, 3.05) is 6.54 Å². The Bertz CT molecular complexity index is 389. The first kappa shape index (κ1) is 14.0. The van der Waals surface area contributed by atoms with Crippen LogP contribution >= 0.6 is 11.8 Å². The lowest BCUT2D eigenvalue weighted by Gasteiger charge is -2.21. The largest absolute Gasteiger partial charge is 0.313 e. The Morgan fingerprint density at radius 2 is 2.00 bits per heavy atom. The standard InChI is InChI=1S/C16H25NS/c1-4-10-17-12(2)13(3)18-16-9-8-14-6-5-7-15(14)11-16/h8-9,11-13,17H,4-7,10H2,1-3H3. The third-order valence-electron chi connectivity index (χ3n) is 3.81. The summed E-state index contributed by atoms with van der Waals surface area (Å²) in [5, 5.41) is 4.21. The summed E-state index contributed by atoms with van der Waals surface area (Å²) in [5.41, 5.74) is 3.16. The Kier molecular flexibility index (Phi) is 5.13. The van der Waals surface area contributed by atoms with Gasteiger partial charge in [0.15, 0.2) is 0 Å². The summed E-state index contributed by atoms with van der Waals surface area (Å²) in [4.78, 5) is 1.44. The third-order valence-corrected chi connectivity index (χ3v) is 5.12. The molecule has 0 fully saturated rings. The third kappa shape index (κ3) is 3.52. The predicted molar refractivity (Wildman–Crippen MR) is 81.5 cm³/mol. The van der Waals surface area contributed by atoms with E-state index in [4.69, 9.17) is 0 Å². The Morgan fingerprint density at radius 1 is 1.22 bits per heavy atom. The summed E-state index contributed by atoms with van der Waals surface area (Å²) in [7, 11) is 0. The van der Waals surface area contributed by atoms with E-state index < -0.39 is 0 Å². The molecule has 2 unspecified atom stereocenters. The molecule has 18 heavy (non-hydrogen) atoms. The average molecular weight is 263 g/mol. The quantitative estimate of drug-likeness (QED) is 0.777. The van der Waals surface area contributed by atoms with Crippen LogP contribution in [0.4, 0.5) is 0 Å². The molecule has 0 bridgehead atoms. The lowest BCUT2D eigenvalue weighted by molar-refractivity contribution is 0.542. The van der Waals surface area contributed by atoms with Gasteiger partial charge < -0.3 is 5.32 Å². The van der Waals surface area contributed by atoms with Crippen molar-refractivity contribution < 1.29 is 0 Å². The maximum absolute atomic E-state index is 3.58. The van der Waals surface area contributed by atoms with Crippen molar-refractivity contribution in [1.29, 1.82) is 0 Å². The van der Waals surface area contributed by atoms with Crippen molar-refractivity contribution in [1.82, 2.24) is 5.32 Å². The molecule has 0 aliphatic heterocycles. The van der Waals surface area contributed by atoms with Crippen LogP contribution in [-0.4, -0.2) is 17.8 Å². The van der Waals surface area contributed by atoms with Gasteiger partial charge in [0.25, 0.3) is 0 Å². The lowest BCUT2D eigenvalue weighted by Crippen LogP contribution is -2.34. The second-order valence-electron chi connectivity index (χ2n) is 5.35. The monoisotopic (exact) mass is 263 g/mol. The molecular weight excluding hydrogens is 238 g/mol. The first-order valence-electron chi connectivity index (χ1n) is 7.22. The van der Waals surface area contributed by atoms with Crippen LogP contribution in [0, 0.1) is 0 Å². The first-order valence-corrected chi connectivity index (χ1v) is 8.10. The molecule has 0 saturated carbocycles. The summed E-state index contributed by atoms with van der Waals surface area (Å²) >= 11 is 2.01. The van der Waals surface area contributed by atoms with Crippen LogP contribution in [0.3, 0.4) is 0 Å². The molecule has 1 aromatic carbocycles. The van der Waals surface area contributed by atoms with Gasteiger partial charge in [-0.1, -0.05) is 19.9 Å².